The Kier molecular flexibility index (Phi) is 4.15. The van der Waals surface area contributed by atoms with Crippen molar-refractivity contribution in [2.75, 3.05) is 12.3 Å². The lowest BCUT2D eigenvalue weighted by atomic mass is 9.90. The van der Waals surface area contributed by atoms with Crippen molar-refractivity contribution in [2.45, 2.75) is 56.7 Å². The summed E-state index contributed by atoms with van der Waals surface area (Å²) in [5.41, 5.74) is 7.33. The molecule has 2 N–H and O–H groups in total. The maximum absolute atomic E-state index is 12.1. The van der Waals surface area contributed by atoms with Crippen LogP contribution in [-0.2, 0) is 20.7 Å². The van der Waals surface area contributed by atoms with Gasteiger partial charge in [0.2, 0.25) is 0 Å². The van der Waals surface area contributed by atoms with Crippen LogP contribution < -0.4 is 5.73 Å². The number of benzene rings is 1. The summed E-state index contributed by atoms with van der Waals surface area (Å²) in [5.74, 6) is -0.187. The molecule has 0 aromatic heterocycles. The van der Waals surface area contributed by atoms with Gasteiger partial charge in [0.15, 0.2) is 0 Å². The molecule has 1 saturated heterocycles. The lowest BCUT2D eigenvalue weighted by molar-refractivity contribution is -0.164. The first-order valence-electron chi connectivity index (χ1n) is 7.84. The molecule has 1 aromatic carbocycles. The van der Waals surface area contributed by atoms with Gasteiger partial charge in [-0.25, -0.2) is 0 Å². The zero-order chi connectivity index (χ0) is 14.7. The van der Waals surface area contributed by atoms with Gasteiger partial charge in [-0.15, -0.1) is 0 Å². The molecule has 1 atom stereocenters. The highest BCUT2D eigenvalue weighted by Crippen LogP contribution is 2.40. The van der Waals surface area contributed by atoms with E-state index in [1.165, 1.54) is 12.8 Å². The highest BCUT2D eigenvalue weighted by molar-refractivity contribution is 5.75. The van der Waals surface area contributed by atoms with Crippen LogP contribution in [0.2, 0.25) is 0 Å². The second-order valence-corrected chi connectivity index (χ2v) is 6.22. The van der Waals surface area contributed by atoms with Crippen LogP contribution in [-0.4, -0.2) is 24.3 Å². The van der Waals surface area contributed by atoms with Gasteiger partial charge in [-0.3, -0.25) is 4.79 Å². The van der Waals surface area contributed by atoms with E-state index in [1.807, 2.05) is 24.3 Å². The number of carbonyl (C=O) groups is 1. The summed E-state index contributed by atoms with van der Waals surface area (Å²) in [6.07, 6.45) is 6.55. The fraction of sp³-hybridized carbons (Fsp3) is 0.588. The Balaban J connectivity index is 1.56. The zero-order valence-electron chi connectivity index (χ0n) is 12.3. The Bertz CT molecular complexity index is 509. The number of anilines is 1. The fourth-order valence-electron chi connectivity index (χ4n) is 3.53. The number of ether oxygens (including phenoxy) is 2. The molecule has 21 heavy (non-hydrogen) atoms. The van der Waals surface area contributed by atoms with E-state index in [0.717, 1.165) is 31.2 Å². The van der Waals surface area contributed by atoms with Crippen molar-refractivity contribution in [2.24, 2.45) is 0 Å². The van der Waals surface area contributed by atoms with Crippen LogP contribution in [0.5, 0.6) is 0 Å². The minimum atomic E-state index is -0.187. The van der Waals surface area contributed by atoms with Gasteiger partial charge in [0.25, 0.3) is 0 Å². The lowest BCUT2D eigenvalue weighted by Crippen LogP contribution is -2.41. The smallest absolute Gasteiger partial charge is 0.310 e. The number of rotatable bonds is 3. The molecule has 3 rings (SSSR count). The first-order chi connectivity index (χ1) is 10.2. The van der Waals surface area contributed by atoms with Crippen LogP contribution in [0.4, 0.5) is 5.69 Å². The second-order valence-electron chi connectivity index (χ2n) is 6.22. The molecule has 4 heteroatoms. The summed E-state index contributed by atoms with van der Waals surface area (Å²) < 4.78 is 11.6. The number of hydrogen-bond acceptors (Lipinski definition) is 4. The molecular weight excluding hydrogens is 266 g/mol. The van der Waals surface area contributed by atoms with E-state index in [9.17, 15) is 4.79 Å². The van der Waals surface area contributed by atoms with Gasteiger partial charge in [0.1, 0.15) is 6.10 Å². The SMILES string of the molecule is Nc1ccccc1CC(=O)OC1CCOC2(CCCC2)C1. The molecule has 1 aliphatic carbocycles. The molecule has 1 heterocycles. The minimum Gasteiger partial charge on any atom is -0.462 e. The van der Waals surface area contributed by atoms with Crippen molar-refractivity contribution >= 4 is 11.7 Å². The summed E-state index contributed by atoms with van der Waals surface area (Å²) in [5, 5.41) is 0. The number of nitrogens with two attached hydrogens (primary N) is 1. The number of nitrogen functional groups attached to an aromatic ring is 1. The molecule has 0 radical (unpaired) electrons. The van der Waals surface area contributed by atoms with Crippen molar-refractivity contribution < 1.29 is 14.3 Å². The van der Waals surface area contributed by atoms with Crippen molar-refractivity contribution in [3.63, 3.8) is 0 Å². The fourth-order valence-corrected chi connectivity index (χ4v) is 3.53. The Morgan fingerprint density at radius 1 is 1.33 bits per heavy atom. The van der Waals surface area contributed by atoms with Gasteiger partial charge in [0.05, 0.1) is 18.6 Å². The molecule has 0 bridgehead atoms. The number of hydrogen-bond donors (Lipinski definition) is 1. The van der Waals surface area contributed by atoms with Gasteiger partial charge < -0.3 is 15.2 Å². The number of para-hydroxylation sites is 1. The Morgan fingerprint density at radius 2 is 2.10 bits per heavy atom. The average molecular weight is 289 g/mol. The number of esters is 1. The molecule has 1 aliphatic heterocycles. The Labute approximate surface area is 125 Å². The van der Waals surface area contributed by atoms with Crippen LogP contribution in [0.3, 0.4) is 0 Å². The van der Waals surface area contributed by atoms with Crippen LogP contribution in [0.15, 0.2) is 24.3 Å². The summed E-state index contributed by atoms with van der Waals surface area (Å²) in [4.78, 5) is 12.1. The summed E-state index contributed by atoms with van der Waals surface area (Å²) >= 11 is 0. The van der Waals surface area contributed by atoms with Crippen LogP contribution in [0.1, 0.15) is 44.1 Å². The van der Waals surface area contributed by atoms with E-state index < -0.39 is 0 Å². The van der Waals surface area contributed by atoms with E-state index in [0.29, 0.717) is 12.3 Å². The van der Waals surface area contributed by atoms with Gasteiger partial charge in [0, 0.05) is 18.5 Å². The van der Waals surface area contributed by atoms with Crippen molar-refractivity contribution in [3.05, 3.63) is 29.8 Å². The molecule has 0 amide bonds. The molecule has 2 fully saturated rings. The first-order valence-corrected chi connectivity index (χ1v) is 7.84. The Morgan fingerprint density at radius 3 is 2.86 bits per heavy atom. The minimum absolute atomic E-state index is 0.00529. The molecule has 1 unspecified atom stereocenters. The topological polar surface area (TPSA) is 61.6 Å². The quantitative estimate of drug-likeness (QED) is 0.686. The molecule has 4 nitrogen and oxygen atoms in total. The molecule has 1 saturated carbocycles. The first kappa shape index (κ1) is 14.4. The standard InChI is InChI=1S/C17H23NO3/c18-15-6-2-1-5-13(15)11-16(19)21-14-7-10-20-17(12-14)8-3-4-9-17/h1-2,5-6,14H,3-4,7-12,18H2. The van der Waals surface area contributed by atoms with Crippen molar-refractivity contribution in [1.29, 1.82) is 0 Å². The summed E-state index contributed by atoms with van der Waals surface area (Å²) in [6.45, 7) is 0.700. The highest BCUT2D eigenvalue weighted by Gasteiger charge is 2.41. The van der Waals surface area contributed by atoms with E-state index in [4.69, 9.17) is 15.2 Å². The van der Waals surface area contributed by atoms with Gasteiger partial charge >= 0.3 is 5.97 Å². The maximum Gasteiger partial charge on any atom is 0.310 e. The molecule has 1 spiro atoms. The average Bonchev–Trinajstić information content (AvgIpc) is 2.89. The zero-order valence-corrected chi connectivity index (χ0v) is 12.3. The third kappa shape index (κ3) is 3.38. The van der Waals surface area contributed by atoms with Gasteiger partial charge in [-0.2, -0.15) is 0 Å². The third-order valence-corrected chi connectivity index (χ3v) is 4.65. The largest absolute Gasteiger partial charge is 0.462 e. The summed E-state index contributed by atoms with van der Waals surface area (Å²) in [7, 11) is 0. The van der Waals surface area contributed by atoms with E-state index in [-0.39, 0.29) is 24.1 Å². The van der Waals surface area contributed by atoms with E-state index in [2.05, 4.69) is 0 Å². The molecule has 2 aliphatic rings. The predicted octanol–water partition coefficient (Wildman–Crippen LogP) is 2.85. The lowest BCUT2D eigenvalue weighted by Gasteiger charge is -2.37. The van der Waals surface area contributed by atoms with Crippen molar-refractivity contribution in [1.82, 2.24) is 0 Å². The van der Waals surface area contributed by atoms with Gasteiger partial charge in [-0.05, 0) is 24.5 Å². The van der Waals surface area contributed by atoms with E-state index >= 15 is 0 Å². The maximum atomic E-state index is 12.1. The van der Waals surface area contributed by atoms with Gasteiger partial charge in [-0.1, -0.05) is 31.0 Å². The normalized spacial score (nSPS) is 24.1. The summed E-state index contributed by atoms with van der Waals surface area (Å²) in [6, 6.07) is 7.44. The second kappa shape index (κ2) is 6.06. The number of carbonyl (C=O) groups excluding carboxylic acids is 1. The van der Waals surface area contributed by atoms with Crippen LogP contribution >= 0.6 is 0 Å². The van der Waals surface area contributed by atoms with E-state index in [1.54, 1.807) is 0 Å². The third-order valence-electron chi connectivity index (χ3n) is 4.65. The molecule has 114 valence electrons. The molecule has 1 aromatic rings. The predicted molar refractivity (Wildman–Crippen MR) is 80.8 cm³/mol. The monoisotopic (exact) mass is 289 g/mol. The van der Waals surface area contributed by atoms with Crippen LogP contribution in [0, 0.1) is 0 Å². The Hall–Kier alpha value is -1.55. The van der Waals surface area contributed by atoms with Crippen LogP contribution in [0.25, 0.3) is 0 Å². The molecular formula is C17H23NO3. The highest BCUT2D eigenvalue weighted by atomic mass is 16.6. The van der Waals surface area contributed by atoms with Crippen molar-refractivity contribution in [3.8, 4) is 0 Å².